The van der Waals surface area contributed by atoms with Gasteiger partial charge in [0.15, 0.2) is 5.16 Å². The van der Waals surface area contributed by atoms with Gasteiger partial charge in [0, 0.05) is 18.0 Å². The van der Waals surface area contributed by atoms with E-state index in [-0.39, 0.29) is 5.75 Å². The first-order chi connectivity index (χ1) is 15.6. The van der Waals surface area contributed by atoms with Crippen LogP contribution in [0.25, 0.3) is 0 Å². The number of carbonyl (C=O) groups is 1. The smallest absolute Gasteiger partial charge is 0.323 e. The molecule has 0 aliphatic rings. The molecule has 0 fully saturated rings. The maximum absolute atomic E-state index is 13.1. The van der Waals surface area contributed by atoms with Crippen molar-refractivity contribution in [3.63, 3.8) is 0 Å². The third-order valence-electron chi connectivity index (χ3n) is 4.68. The lowest BCUT2D eigenvalue weighted by molar-refractivity contribution is -0.135. The molecule has 0 N–H and O–H groups in total. The van der Waals surface area contributed by atoms with Gasteiger partial charge in [-0.3, -0.25) is 9.59 Å². The van der Waals surface area contributed by atoms with Gasteiger partial charge in [-0.05, 0) is 24.1 Å². The molecule has 0 aliphatic carbocycles. The maximum Gasteiger partial charge on any atom is 0.323 e. The fourth-order valence-electron chi connectivity index (χ4n) is 3.14. The van der Waals surface area contributed by atoms with Crippen LogP contribution in [0, 0.1) is 6.92 Å². The van der Waals surface area contributed by atoms with Crippen LogP contribution in [0.1, 0.15) is 28.5 Å². The van der Waals surface area contributed by atoms with Gasteiger partial charge in [-0.2, -0.15) is 0 Å². The zero-order valence-corrected chi connectivity index (χ0v) is 18.1. The van der Waals surface area contributed by atoms with Crippen LogP contribution < -0.4 is 10.2 Å². The predicted molar refractivity (Wildman–Crippen MR) is 122 cm³/mol. The van der Waals surface area contributed by atoms with Crippen LogP contribution in [0.5, 0.6) is 5.75 Å². The lowest BCUT2D eigenvalue weighted by Crippen LogP contribution is -2.22. The van der Waals surface area contributed by atoms with E-state index < -0.39 is 17.3 Å². The predicted octanol–water partition coefficient (Wildman–Crippen LogP) is 4.77. The first-order valence-corrected chi connectivity index (χ1v) is 10.9. The Balaban J connectivity index is 1.51. The number of nitrogens with zero attached hydrogens (tertiary/aromatic N) is 2. The molecule has 0 saturated heterocycles. The monoisotopic (exact) mass is 444 g/mol. The summed E-state index contributed by atoms with van der Waals surface area (Å²) < 4.78 is 11.0. The maximum atomic E-state index is 13.1. The molecule has 0 unspecified atom stereocenters. The standard InChI is InChI=1S/C25H20N2O4S/c1-17-12-13-26-25(27-17)32-16-20-14-21(28)22(15-30-20)31-24(29)23(18-8-4-2-5-9-18)19-10-6-3-7-11-19/h2-15,23H,16H2,1H3. The number of aryl methyl sites for hydroxylation is 1. The third kappa shape index (κ3) is 5.31. The molecule has 0 amide bonds. The van der Waals surface area contributed by atoms with E-state index in [2.05, 4.69) is 9.97 Å². The van der Waals surface area contributed by atoms with Gasteiger partial charge in [0.2, 0.25) is 11.2 Å². The van der Waals surface area contributed by atoms with E-state index in [9.17, 15) is 9.59 Å². The minimum atomic E-state index is -0.662. The quantitative estimate of drug-likeness (QED) is 0.231. The molecule has 0 atom stereocenters. The highest BCUT2D eigenvalue weighted by molar-refractivity contribution is 7.98. The highest BCUT2D eigenvalue weighted by Crippen LogP contribution is 2.27. The van der Waals surface area contributed by atoms with E-state index in [0.29, 0.717) is 16.7 Å². The Morgan fingerprint density at radius 2 is 1.69 bits per heavy atom. The lowest BCUT2D eigenvalue weighted by Gasteiger charge is -2.16. The van der Waals surface area contributed by atoms with Gasteiger partial charge in [-0.15, -0.1) is 0 Å². The minimum Gasteiger partial charge on any atom is -0.464 e. The summed E-state index contributed by atoms with van der Waals surface area (Å²) in [5.74, 6) is -0.542. The van der Waals surface area contributed by atoms with Gasteiger partial charge in [0.25, 0.3) is 0 Å². The second-order valence-corrected chi connectivity index (χ2v) is 7.96. The minimum absolute atomic E-state index is 0.146. The molecule has 2 aromatic carbocycles. The van der Waals surface area contributed by atoms with Crippen molar-refractivity contribution in [1.82, 2.24) is 9.97 Å². The molecule has 0 saturated carbocycles. The van der Waals surface area contributed by atoms with Gasteiger partial charge in [0.05, 0.1) is 5.75 Å². The Kier molecular flexibility index (Phi) is 6.77. The van der Waals surface area contributed by atoms with Crippen molar-refractivity contribution in [3.05, 3.63) is 118 Å². The molecule has 4 rings (SSSR count). The second-order valence-electron chi connectivity index (χ2n) is 7.02. The van der Waals surface area contributed by atoms with Crippen molar-refractivity contribution in [2.45, 2.75) is 23.8 Å². The van der Waals surface area contributed by atoms with Crippen LogP contribution in [0.2, 0.25) is 0 Å². The van der Waals surface area contributed by atoms with Crippen molar-refractivity contribution in [2.75, 3.05) is 0 Å². The Bertz CT molecular complexity index is 1220. The largest absolute Gasteiger partial charge is 0.464 e. The molecule has 0 spiro atoms. The second kappa shape index (κ2) is 10.1. The van der Waals surface area contributed by atoms with Gasteiger partial charge in [-0.25, -0.2) is 9.97 Å². The number of thioether (sulfide) groups is 1. The highest BCUT2D eigenvalue weighted by Gasteiger charge is 2.25. The summed E-state index contributed by atoms with van der Waals surface area (Å²) in [6, 6.07) is 21.8. The van der Waals surface area contributed by atoms with Crippen molar-refractivity contribution in [3.8, 4) is 5.75 Å². The van der Waals surface area contributed by atoms with Crippen molar-refractivity contribution in [2.24, 2.45) is 0 Å². The average Bonchev–Trinajstić information content (AvgIpc) is 2.81. The number of ether oxygens (including phenoxy) is 1. The summed E-state index contributed by atoms with van der Waals surface area (Å²) in [5.41, 5.74) is 1.99. The SMILES string of the molecule is Cc1ccnc(SCc2cc(=O)c(OC(=O)C(c3ccccc3)c3ccccc3)co2)n1. The molecule has 6 nitrogen and oxygen atoms in total. The van der Waals surface area contributed by atoms with Crippen LogP contribution in [-0.2, 0) is 10.5 Å². The molecule has 2 heterocycles. The average molecular weight is 445 g/mol. The highest BCUT2D eigenvalue weighted by atomic mass is 32.2. The van der Waals surface area contributed by atoms with E-state index in [1.165, 1.54) is 24.1 Å². The summed E-state index contributed by atoms with van der Waals surface area (Å²) in [4.78, 5) is 34.1. The molecule has 7 heteroatoms. The third-order valence-corrected chi connectivity index (χ3v) is 5.56. The number of hydrogen-bond acceptors (Lipinski definition) is 7. The molecule has 0 aliphatic heterocycles. The van der Waals surface area contributed by atoms with Crippen LogP contribution in [0.15, 0.2) is 99.6 Å². The summed E-state index contributed by atoms with van der Waals surface area (Å²) in [6.45, 7) is 1.88. The first kappa shape index (κ1) is 21.5. The number of benzene rings is 2. The van der Waals surface area contributed by atoms with E-state index in [1.54, 1.807) is 6.20 Å². The molecule has 160 valence electrons. The number of rotatable bonds is 7. The topological polar surface area (TPSA) is 82.3 Å². The van der Waals surface area contributed by atoms with Crippen LogP contribution >= 0.6 is 11.8 Å². The zero-order valence-electron chi connectivity index (χ0n) is 17.3. The van der Waals surface area contributed by atoms with E-state index in [0.717, 1.165) is 16.8 Å². The fraction of sp³-hybridized carbons (Fsp3) is 0.120. The molecule has 0 bridgehead atoms. The van der Waals surface area contributed by atoms with Gasteiger partial charge in [-0.1, -0.05) is 72.4 Å². The fourth-order valence-corrected chi connectivity index (χ4v) is 3.91. The Morgan fingerprint density at radius 3 is 2.28 bits per heavy atom. The van der Waals surface area contributed by atoms with Gasteiger partial charge < -0.3 is 9.15 Å². The molecule has 4 aromatic rings. The molecule has 2 aromatic heterocycles. The normalized spacial score (nSPS) is 10.8. The molecule has 32 heavy (non-hydrogen) atoms. The Hall–Kier alpha value is -3.71. The van der Waals surface area contributed by atoms with Gasteiger partial charge >= 0.3 is 5.97 Å². The van der Waals surface area contributed by atoms with Crippen molar-refractivity contribution >= 4 is 17.7 Å². The first-order valence-electron chi connectivity index (χ1n) is 9.96. The van der Waals surface area contributed by atoms with Crippen LogP contribution in [0.4, 0.5) is 0 Å². The molecular weight excluding hydrogens is 424 g/mol. The van der Waals surface area contributed by atoms with E-state index in [4.69, 9.17) is 9.15 Å². The molecule has 0 radical (unpaired) electrons. The summed E-state index contributed by atoms with van der Waals surface area (Å²) in [5, 5.41) is 0.594. The van der Waals surface area contributed by atoms with Crippen molar-refractivity contribution < 1.29 is 13.9 Å². The summed E-state index contributed by atoms with van der Waals surface area (Å²) in [7, 11) is 0. The Morgan fingerprint density at radius 1 is 1.03 bits per heavy atom. The number of hydrogen-bond donors (Lipinski definition) is 0. The lowest BCUT2D eigenvalue weighted by atomic mass is 9.91. The van der Waals surface area contributed by atoms with E-state index >= 15 is 0 Å². The number of aromatic nitrogens is 2. The zero-order chi connectivity index (χ0) is 22.3. The van der Waals surface area contributed by atoms with Crippen LogP contribution in [0.3, 0.4) is 0 Å². The molecular formula is C25H20N2O4S. The number of carbonyl (C=O) groups excluding carboxylic acids is 1. The van der Waals surface area contributed by atoms with E-state index in [1.807, 2.05) is 73.7 Å². The van der Waals surface area contributed by atoms with Gasteiger partial charge in [0.1, 0.15) is 17.9 Å². The van der Waals surface area contributed by atoms with Crippen LogP contribution in [-0.4, -0.2) is 15.9 Å². The number of esters is 1. The summed E-state index contributed by atoms with van der Waals surface area (Å²) >= 11 is 1.35. The summed E-state index contributed by atoms with van der Waals surface area (Å²) in [6.07, 6.45) is 2.86. The Labute approximate surface area is 189 Å². The van der Waals surface area contributed by atoms with Crippen molar-refractivity contribution in [1.29, 1.82) is 0 Å².